The lowest BCUT2D eigenvalue weighted by Crippen LogP contribution is -2.41. The largest absolute Gasteiger partial charge is 0.378 e. The maximum absolute atomic E-state index is 13.7. The molecule has 2 fully saturated rings. The molecule has 1 N–H and O–H groups in total. The Morgan fingerprint density at radius 3 is 2.41 bits per heavy atom. The van der Waals surface area contributed by atoms with Gasteiger partial charge in [-0.2, -0.15) is 0 Å². The third-order valence-electron chi connectivity index (χ3n) is 5.57. The molecular weight excluding hydrogens is 373 g/mol. The zero-order valence-electron chi connectivity index (χ0n) is 16.4. The highest BCUT2D eigenvalue weighted by Gasteiger charge is 2.26. The first-order valence-electron chi connectivity index (χ1n) is 10.1. The number of halogens is 1. The van der Waals surface area contributed by atoms with Crippen LogP contribution < -0.4 is 15.1 Å². The van der Waals surface area contributed by atoms with Crippen molar-refractivity contribution in [2.75, 3.05) is 49.2 Å². The van der Waals surface area contributed by atoms with Gasteiger partial charge in [0.15, 0.2) is 0 Å². The smallest absolute Gasteiger partial charge is 0.223 e. The fourth-order valence-electron chi connectivity index (χ4n) is 3.81. The molecule has 2 aliphatic rings. The second-order valence-corrected chi connectivity index (χ2v) is 7.40. The molecule has 2 saturated heterocycles. The minimum absolute atomic E-state index is 0.00963. The van der Waals surface area contributed by atoms with Gasteiger partial charge in [-0.3, -0.25) is 4.79 Å². The number of rotatable bonds is 5. The number of nitrogens with zero attached hydrogens (tertiary/aromatic N) is 4. The van der Waals surface area contributed by atoms with Gasteiger partial charge >= 0.3 is 0 Å². The molecule has 29 heavy (non-hydrogen) atoms. The molecule has 4 rings (SSSR count). The van der Waals surface area contributed by atoms with Crippen LogP contribution in [-0.4, -0.2) is 55.3 Å². The Hall–Kier alpha value is -2.74. The third-order valence-corrected chi connectivity index (χ3v) is 5.57. The van der Waals surface area contributed by atoms with E-state index >= 15 is 0 Å². The molecule has 0 saturated carbocycles. The number of ether oxygens (including phenoxy) is 1. The van der Waals surface area contributed by atoms with E-state index in [0.717, 1.165) is 50.7 Å². The van der Waals surface area contributed by atoms with Crippen LogP contribution in [0.1, 0.15) is 18.4 Å². The van der Waals surface area contributed by atoms with Gasteiger partial charge in [0.1, 0.15) is 23.8 Å². The van der Waals surface area contributed by atoms with Crippen molar-refractivity contribution < 1.29 is 13.9 Å². The van der Waals surface area contributed by atoms with Crippen molar-refractivity contribution >= 4 is 17.5 Å². The van der Waals surface area contributed by atoms with E-state index in [2.05, 4.69) is 25.1 Å². The summed E-state index contributed by atoms with van der Waals surface area (Å²) in [4.78, 5) is 25.7. The molecule has 3 heterocycles. The standard InChI is InChI=1S/C21H26FN5O2/c22-18-4-2-1-3-17(18)14-23-21(28)16-5-7-26(8-6-16)19-13-20(25-15-24-19)27-9-11-29-12-10-27/h1-4,13,15-16H,5-12,14H2,(H,23,28). The number of benzene rings is 1. The second kappa shape index (κ2) is 9.17. The van der Waals surface area contributed by atoms with Crippen molar-refractivity contribution in [2.45, 2.75) is 19.4 Å². The van der Waals surface area contributed by atoms with E-state index < -0.39 is 0 Å². The number of hydrogen-bond donors (Lipinski definition) is 1. The fourth-order valence-corrected chi connectivity index (χ4v) is 3.81. The first kappa shape index (κ1) is 19.6. The lowest BCUT2D eigenvalue weighted by molar-refractivity contribution is -0.125. The average Bonchev–Trinajstić information content (AvgIpc) is 2.79. The van der Waals surface area contributed by atoms with Crippen molar-refractivity contribution in [3.8, 4) is 0 Å². The highest BCUT2D eigenvalue weighted by molar-refractivity contribution is 5.79. The Kier molecular flexibility index (Phi) is 6.19. The molecule has 7 nitrogen and oxygen atoms in total. The number of carbonyl (C=O) groups is 1. The minimum atomic E-state index is -0.289. The van der Waals surface area contributed by atoms with Gasteiger partial charge in [0.05, 0.1) is 13.2 Å². The van der Waals surface area contributed by atoms with E-state index in [0.29, 0.717) is 18.8 Å². The van der Waals surface area contributed by atoms with E-state index in [1.807, 2.05) is 6.07 Å². The first-order valence-corrected chi connectivity index (χ1v) is 10.1. The molecule has 2 aliphatic heterocycles. The van der Waals surface area contributed by atoms with Crippen LogP contribution in [0.25, 0.3) is 0 Å². The van der Waals surface area contributed by atoms with Gasteiger partial charge in [-0.25, -0.2) is 14.4 Å². The van der Waals surface area contributed by atoms with Gasteiger partial charge in [0, 0.05) is 50.3 Å². The van der Waals surface area contributed by atoms with Crippen molar-refractivity contribution in [1.82, 2.24) is 15.3 Å². The number of anilines is 2. The summed E-state index contributed by atoms with van der Waals surface area (Å²) in [6, 6.07) is 8.54. The monoisotopic (exact) mass is 399 g/mol. The molecule has 1 aromatic heterocycles. The molecule has 2 aromatic rings. The summed E-state index contributed by atoms with van der Waals surface area (Å²) in [5.41, 5.74) is 0.509. The number of amides is 1. The maximum atomic E-state index is 13.7. The summed E-state index contributed by atoms with van der Waals surface area (Å²) in [6.07, 6.45) is 3.10. The zero-order chi connectivity index (χ0) is 20.1. The number of nitrogens with one attached hydrogen (secondary N) is 1. The molecule has 0 unspecified atom stereocenters. The molecule has 0 bridgehead atoms. The van der Waals surface area contributed by atoms with Crippen LogP contribution in [0.15, 0.2) is 36.7 Å². The Morgan fingerprint density at radius 2 is 1.72 bits per heavy atom. The van der Waals surface area contributed by atoms with Gasteiger partial charge in [-0.1, -0.05) is 18.2 Å². The average molecular weight is 399 g/mol. The van der Waals surface area contributed by atoms with Gasteiger partial charge in [-0.15, -0.1) is 0 Å². The Bertz CT molecular complexity index is 835. The van der Waals surface area contributed by atoms with Gasteiger partial charge in [0.2, 0.25) is 5.91 Å². The predicted octanol–water partition coefficient (Wildman–Crippen LogP) is 1.99. The van der Waals surface area contributed by atoms with E-state index in [-0.39, 0.29) is 24.2 Å². The number of hydrogen-bond acceptors (Lipinski definition) is 6. The topological polar surface area (TPSA) is 70.6 Å². The lowest BCUT2D eigenvalue weighted by Gasteiger charge is -2.33. The van der Waals surface area contributed by atoms with Gasteiger partial charge in [0.25, 0.3) is 0 Å². The van der Waals surface area contributed by atoms with E-state index in [9.17, 15) is 9.18 Å². The highest BCUT2D eigenvalue weighted by atomic mass is 19.1. The van der Waals surface area contributed by atoms with Crippen molar-refractivity contribution in [1.29, 1.82) is 0 Å². The molecular formula is C21H26FN5O2. The lowest BCUT2D eigenvalue weighted by atomic mass is 9.96. The molecule has 0 atom stereocenters. The van der Waals surface area contributed by atoms with Gasteiger partial charge < -0.3 is 19.9 Å². The number of piperidine rings is 1. The molecule has 154 valence electrons. The quantitative estimate of drug-likeness (QED) is 0.829. The van der Waals surface area contributed by atoms with Crippen LogP contribution in [-0.2, 0) is 16.1 Å². The van der Waals surface area contributed by atoms with Crippen molar-refractivity contribution in [3.63, 3.8) is 0 Å². The van der Waals surface area contributed by atoms with E-state index in [1.165, 1.54) is 6.07 Å². The highest BCUT2D eigenvalue weighted by Crippen LogP contribution is 2.24. The third kappa shape index (κ3) is 4.82. The summed E-state index contributed by atoms with van der Waals surface area (Å²) in [5, 5.41) is 2.87. The second-order valence-electron chi connectivity index (χ2n) is 7.40. The van der Waals surface area contributed by atoms with Crippen LogP contribution in [0.2, 0.25) is 0 Å². The molecule has 0 radical (unpaired) electrons. The van der Waals surface area contributed by atoms with Crippen LogP contribution in [0, 0.1) is 11.7 Å². The summed E-state index contributed by atoms with van der Waals surface area (Å²) in [5.74, 6) is 1.46. The molecule has 1 aromatic carbocycles. The summed E-state index contributed by atoms with van der Waals surface area (Å²) in [7, 11) is 0. The zero-order valence-corrected chi connectivity index (χ0v) is 16.4. The Balaban J connectivity index is 1.30. The fraction of sp³-hybridized carbons (Fsp3) is 0.476. The molecule has 8 heteroatoms. The summed E-state index contributed by atoms with van der Waals surface area (Å²) >= 11 is 0. The molecule has 0 spiro atoms. The summed E-state index contributed by atoms with van der Waals surface area (Å²) in [6.45, 7) is 4.84. The van der Waals surface area contributed by atoms with Gasteiger partial charge in [-0.05, 0) is 18.9 Å². The minimum Gasteiger partial charge on any atom is -0.378 e. The number of carbonyl (C=O) groups excluding carboxylic acids is 1. The van der Waals surface area contributed by atoms with E-state index in [4.69, 9.17) is 4.74 Å². The van der Waals surface area contributed by atoms with Crippen molar-refractivity contribution in [2.24, 2.45) is 5.92 Å². The van der Waals surface area contributed by atoms with Crippen LogP contribution >= 0.6 is 0 Å². The maximum Gasteiger partial charge on any atom is 0.223 e. The normalized spacial score (nSPS) is 18.0. The Morgan fingerprint density at radius 1 is 1.07 bits per heavy atom. The molecule has 1 amide bonds. The first-order chi connectivity index (χ1) is 14.2. The predicted molar refractivity (Wildman–Crippen MR) is 108 cm³/mol. The summed E-state index contributed by atoms with van der Waals surface area (Å²) < 4.78 is 19.1. The Labute approximate surface area is 169 Å². The van der Waals surface area contributed by atoms with Crippen LogP contribution in [0.3, 0.4) is 0 Å². The SMILES string of the molecule is O=C(NCc1ccccc1F)C1CCN(c2cc(N3CCOCC3)ncn2)CC1. The van der Waals surface area contributed by atoms with Crippen molar-refractivity contribution in [3.05, 3.63) is 48.0 Å². The molecule has 0 aliphatic carbocycles. The van der Waals surface area contributed by atoms with Crippen LogP contribution in [0.4, 0.5) is 16.0 Å². The number of morpholine rings is 1. The van der Waals surface area contributed by atoms with Crippen LogP contribution in [0.5, 0.6) is 0 Å². The van der Waals surface area contributed by atoms with E-state index in [1.54, 1.807) is 24.5 Å². The number of aromatic nitrogens is 2.